The summed E-state index contributed by atoms with van der Waals surface area (Å²) in [5.74, 6) is -1.85. The molecule has 2 heterocycles. The van der Waals surface area contributed by atoms with Gasteiger partial charge in [-0.1, -0.05) is 11.8 Å². The number of amides is 1. The molecule has 2 aliphatic heterocycles. The van der Waals surface area contributed by atoms with Gasteiger partial charge in [0.1, 0.15) is 11.4 Å². The number of fused-ring (bicyclic) bond motifs is 1. The number of benzene rings is 1. The third-order valence-electron chi connectivity index (χ3n) is 4.27. The Hall–Kier alpha value is -2.34. The predicted octanol–water partition coefficient (Wildman–Crippen LogP) is 2.58. The Labute approximate surface area is 148 Å². The number of non-ortho nitro benzene ring substituents is 1. The van der Waals surface area contributed by atoms with Crippen molar-refractivity contribution in [3.63, 3.8) is 0 Å². The Morgan fingerprint density at radius 1 is 1.54 bits per heavy atom. The number of carbonyl (C=O) groups is 1. The van der Waals surface area contributed by atoms with Crippen LogP contribution in [0, 0.1) is 21.8 Å². The number of amidine groups is 1. The molecule has 0 radical (unpaired) electrons. The summed E-state index contributed by atoms with van der Waals surface area (Å²) in [6.45, 7) is -0.460. The molecule has 1 unspecified atom stereocenters. The number of rotatable bonds is 3. The van der Waals surface area contributed by atoms with Crippen molar-refractivity contribution in [1.82, 2.24) is 5.32 Å². The highest BCUT2D eigenvalue weighted by Crippen LogP contribution is 2.50. The molecule has 1 fully saturated rings. The van der Waals surface area contributed by atoms with Gasteiger partial charge in [-0.15, -0.1) is 0 Å². The van der Waals surface area contributed by atoms with Gasteiger partial charge in [-0.25, -0.2) is 23.0 Å². The molecule has 1 saturated heterocycles. The summed E-state index contributed by atoms with van der Waals surface area (Å²) in [4.78, 5) is 25.3. The van der Waals surface area contributed by atoms with Crippen LogP contribution in [0.2, 0.25) is 0 Å². The Balaban J connectivity index is 2.18. The van der Waals surface area contributed by atoms with Crippen molar-refractivity contribution in [1.29, 1.82) is 0 Å². The summed E-state index contributed by atoms with van der Waals surface area (Å²) in [5.41, 5.74) is -2.39. The van der Waals surface area contributed by atoms with E-state index in [1.54, 1.807) is 0 Å². The Morgan fingerprint density at radius 2 is 2.27 bits per heavy atom. The maximum atomic E-state index is 14.5. The second-order valence-electron chi connectivity index (χ2n) is 5.73. The van der Waals surface area contributed by atoms with Crippen LogP contribution in [0.4, 0.5) is 23.7 Å². The van der Waals surface area contributed by atoms with Crippen molar-refractivity contribution >= 4 is 28.7 Å². The zero-order chi connectivity index (χ0) is 19.1. The van der Waals surface area contributed by atoms with Crippen LogP contribution in [0.25, 0.3) is 0 Å². The third-order valence-corrected chi connectivity index (χ3v) is 5.49. The fourth-order valence-electron chi connectivity index (χ4n) is 3.16. The van der Waals surface area contributed by atoms with Crippen LogP contribution < -0.4 is 5.32 Å². The number of nitrogens with zero attached hydrogens (tertiary/aromatic N) is 2. The molecule has 140 valence electrons. The van der Waals surface area contributed by atoms with Gasteiger partial charge in [0, 0.05) is 23.6 Å². The number of thioether (sulfide) groups is 1. The zero-order valence-corrected chi connectivity index (χ0v) is 13.7. The van der Waals surface area contributed by atoms with E-state index in [-0.39, 0.29) is 23.9 Å². The molecule has 0 saturated carbocycles. The first-order chi connectivity index (χ1) is 12.2. The molecule has 3 atom stereocenters. The quantitative estimate of drug-likeness (QED) is 0.605. The van der Waals surface area contributed by atoms with Crippen LogP contribution in [0.15, 0.2) is 23.2 Å². The molecule has 3 rings (SSSR count). The number of halogens is 3. The average Bonchev–Trinajstić information content (AvgIpc) is 2.98. The van der Waals surface area contributed by atoms with Crippen LogP contribution in [0.1, 0.15) is 5.56 Å². The van der Waals surface area contributed by atoms with Gasteiger partial charge in [-0.3, -0.25) is 15.4 Å². The van der Waals surface area contributed by atoms with Crippen molar-refractivity contribution in [3.05, 3.63) is 39.7 Å². The van der Waals surface area contributed by atoms with Gasteiger partial charge in [0.2, 0.25) is 0 Å². The lowest BCUT2D eigenvalue weighted by Crippen LogP contribution is -2.48. The van der Waals surface area contributed by atoms with E-state index in [1.165, 1.54) is 0 Å². The number of hydrogen-bond donors (Lipinski definition) is 2. The zero-order valence-electron chi connectivity index (χ0n) is 12.9. The summed E-state index contributed by atoms with van der Waals surface area (Å²) < 4.78 is 46.9. The molecule has 26 heavy (non-hydrogen) atoms. The van der Waals surface area contributed by atoms with Gasteiger partial charge in [0.25, 0.3) is 12.1 Å². The lowest BCUT2D eigenvalue weighted by atomic mass is 9.78. The van der Waals surface area contributed by atoms with Crippen LogP contribution in [-0.2, 0) is 10.3 Å². The van der Waals surface area contributed by atoms with Gasteiger partial charge in [0.05, 0.1) is 23.4 Å². The minimum absolute atomic E-state index is 0.159. The van der Waals surface area contributed by atoms with Crippen molar-refractivity contribution in [3.8, 4) is 0 Å². The van der Waals surface area contributed by atoms with Gasteiger partial charge in [-0.05, 0) is 6.07 Å². The number of nitro benzene ring substituents is 1. The van der Waals surface area contributed by atoms with E-state index >= 15 is 0 Å². The van der Waals surface area contributed by atoms with Crippen molar-refractivity contribution < 1.29 is 32.7 Å². The topological polar surface area (TPSA) is 114 Å². The molecule has 8 nitrogen and oxygen atoms in total. The molecule has 1 aromatic carbocycles. The second-order valence-corrected chi connectivity index (χ2v) is 6.90. The first kappa shape index (κ1) is 18.5. The molecule has 12 heteroatoms. The molecule has 0 aliphatic carbocycles. The molecular formula is C14H12F3N3O5S. The van der Waals surface area contributed by atoms with E-state index in [2.05, 4.69) is 4.99 Å². The van der Waals surface area contributed by atoms with Gasteiger partial charge >= 0.3 is 6.09 Å². The lowest BCUT2D eigenvalue weighted by Gasteiger charge is -2.39. The lowest BCUT2D eigenvalue weighted by molar-refractivity contribution is -0.385. The monoisotopic (exact) mass is 391 g/mol. The van der Waals surface area contributed by atoms with Crippen molar-refractivity contribution in [2.75, 3.05) is 13.2 Å². The summed E-state index contributed by atoms with van der Waals surface area (Å²) in [5, 5.41) is 20.0. The average molecular weight is 391 g/mol. The summed E-state index contributed by atoms with van der Waals surface area (Å²) >= 11 is 0.526. The SMILES string of the molecule is O=C(O)NC1=N[C@@]2(c3cc([N+](=O)[O-])ccc3F)COC[C@H]2C(C(F)F)S1. The normalized spacial score (nSPS) is 27.8. The van der Waals surface area contributed by atoms with E-state index in [0.29, 0.717) is 11.8 Å². The standard InChI is InChI=1S/C14H12F3N3O5S/c15-9-2-1-6(20(23)24)3-7(9)14-5-25-4-8(14)10(11(16)17)26-12(19-14)18-13(21)22/h1-3,8,10-11H,4-5H2,(H,18,19)(H,21,22)/t8-,10?,14+/m0/s1. The molecule has 1 aromatic rings. The van der Waals surface area contributed by atoms with Crippen molar-refractivity contribution in [2.45, 2.75) is 17.2 Å². The first-order valence-corrected chi connectivity index (χ1v) is 8.19. The molecule has 2 N–H and O–H groups in total. The van der Waals surface area contributed by atoms with E-state index < -0.39 is 45.7 Å². The number of hydrogen-bond acceptors (Lipinski definition) is 6. The smallest absolute Gasteiger partial charge is 0.410 e. The van der Waals surface area contributed by atoms with Gasteiger partial charge < -0.3 is 9.84 Å². The molecule has 2 aliphatic rings. The highest BCUT2D eigenvalue weighted by atomic mass is 32.2. The molecule has 0 aromatic heterocycles. The second kappa shape index (κ2) is 6.76. The fraction of sp³-hybridized carbons (Fsp3) is 0.429. The maximum Gasteiger partial charge on any atom is 0.410 e. The number of carboxylic acid groups (broad SMARTS) is 1. The Morgan fingerprint density at radius 3 is 2.88 bits per heavy atom. The summed E-state index contributed by atoms with van der Waals surface area (Å²) in [6.07, 6.45) is -4.38. The highest BCUT2D eigenvalue weighted by Gasteiger charge is 2.56. The number of alkyl halides is 2. The molecule has 1 amide bonds. The molecule has 0 spiro atoms. The number of ether oxygens (including phenoxy) is 1. The number of nitrogens with one attached hydrogen (secondary N) is 1. The van der Waals surface area contributed by atoms with E-state index in [4.69, 9.17) is 9.84 Å². The maximum absolute atomic E-state index is 14.5. The minimum atomic E-state index is -2.87. The summed E-state index contributed by atoms with van der Waals surface area (Å²) in [6, 6.07) is 2.73. The van der Waals surface area contributed by atoms with E-state index in [0.717, 1.165) is 18.2 Å². The number of aliphatic imine (C=N–C) groups is 1. The Kier molecular flexibility index (Phi) is 4.80. The van der Waals surface area contributed by atoms with Crippen LogP contribution in [-0.4, -0.2) is 46.2 Å². The first-order valence-electron chi connectivity index (χ1n) is 7.31. The highest BCUT2D eigenvalue weighted by molar-refractivity contribution is 8.14. The third kappa shape index (κ3) is 3.09. The minimum Gasteiger partial charge on any atom is -0.465 e. The van der Waals surface area contributed by atoms with Crippen LogP contribution in [0.5, 0.6) is 0 Å². The summed E-state index contributed by atoms with van der Waals surface area (Å²) in [7, 11) is 0. The van der Waals surface area contributed by atoms with Crippen LogP contribution in [0.3, 0.4) is 0 Å². The largest absolute Gasteiger partial charge is 0.465 e. The predicted molar refractivity (Wildman–Crippen MR) is 85.0 cm³/mol. The fourth-order valence-corrected chi connectivity index (χ4v) is 4.35. The van der Waals surface area contributed by atoms with E-state index in [1.807, 2.05) is 5.32 Å². The molecule has 0 bridgehead atoms. The van der Waals surface area contributed by atoms with Gasteiger partial charge in [-0.2, -0.15) is 0 Å². The van der Waals surface area contributed by atoms with Crippen molar-refractivity contribution in [2.24, 2.45) is 10.9 Å². The van der Waals surface area contributed by atoms with E-state index in [9.17, 15) is 28.1 Å². The number of nitro groups is 1. The van der Waals surface area contributed by atoms with Gasteiger partial charge in [0.15, 0.2) is 5.17 Å². The Bertz CT molecular complexity index is 793. The van der Waals surface area contributed by atoms with Crippen LogP contribution >= 0.6 is 11.8 Å². The molecular weight excluding hydrogens is 379 g/mol.